The minimum atomic E-state index is -3.65. The zero-order valence-electron chi connectivity index (χ0n) is 12.3. The maximum atomic E-state index is 12.2. The van der Waals surface area contributed by atoms with E-state index in [0.29, 0.717) is 11.3 Å². The Labute approximate surface area is 131 Å². The summed E-state index contributed by atoms with van der Waals surface area (Å²) in [4.78, 5) is 0.179. The van der Waals surface area contributed by atoms with Crippen LogP contribution in [-0.2, 0) is 25.6 Å². The first-order chi connectivity index (χ1) is 10.2. The van der Waals surface area contributed by atoms with Crippen LogP contribution in [0.2, 0.25) is 0 Å². The van der Waals surface area contributed by atoms with Crippen molar-refractivity contribution in [3.8, 4) is 0 Å². The Morgan fingerprint density at radius 1 is 0.864 bits per heavy atom. The van der Waals surface area contributed by atoms with Crippen LogP contribution in [0.5, 0.6) is 0 Å². The van der Waals surface area contributed by atoms with Gasteiger partial charge in [-0.25, -0.2) is 16.8 Å². The molecule has 0 unspecified atom stereocenters. The van der Waals surface area contributed by atoms with Crippen molar-refractivity contribution in [2.24, 2.45) is 0 Å². The fraction of sp³-hybridized carbons (Fsp3) is 0.200. The Bertz CT molecular complexity index is 853. The zero-order chi connectivity index (χ0) is 16.4. The van der Waals surface area contributed by atoms with Crippen molar-refractivity contribution in [2.75, 3.05) is 11.0 Å². The Hall–Kier alpha value is -1.86. The summed E-state index contributed by atoms with van der Waals surface area (Å²) in [5.41, 5.74) is 1.97. The van der Waals surface area contributed by atoms with Crippen LogP contribution in [0.25, 0.3) is 0 Å². The molecule has 2 aromatic rings. The molecule has 22 heavy (non-hydrogen) atoms. The van der Waals surface area contributed by atoms with Gasteiger partial charge in [-0.3, -0.25) is 4.72 Å². The molecule has 0 atom stereocenters. The molecular formula is C15H17NO4S2. The highest BCUT2D eigenvalue weighted by Gasteiger charge is 2.14. The number of hydrogen-bond acceptors (Lipinski definition) is 4. The molecular weight excluding hydrogens is 322 g/mol. The van der Waals surface area contributed by atoms with Gasteiger partial charge in [0.1, 0.15) is 0 Å². The summed E-state index contributed by atoms with van der Waals surface area (Å²) >= 11 is 0. The quantitative estimate of drug-likeness (QED) is 0.907. The molecule has 0 radical (unpaired) electrons. The van der Waals surface area contributed by atoms with Gasteiger partial charge in [-0.05, 0) is 36.8 Å². The summed E-state index contributed by atoms with van der Waals surface area (Å²) in [6, 6.07) is 12.8. The van der Waals surface area contributed by atoms with E-state index in [0.717, 1.165) is 11.8 Å². The number of aryl methyl sites for hydroxylation is 1. The smallest absolute Gasteiger partial charge is 0.261 e. The molecule has 2 aromatic carbocycles. The predicted octanol–water partition coefficient (Wildman–Crippen LogP) is 2.34. The third-order valence-electron chi connectivity index (χ3n) is 2.97. The fourth-order valence-corrected chi connectivity index (χ4v) is 3.76. The Morgan fingerprint density at radius 3 is 1.91 bits per heavy atom. The van der Waals surface area contributed by atoms with E-state index >= 15 is 0 Å². The van der Waals surface area contributed by atoms with Gasteiger partial charge in [-0.15, -0.1) is 0 Å². The van der Waals surface area contributed by atoms with Gasteiger partial charge in [0.2, 0.25) is 0 Å². The SMILES string of the molecule is Cc1ccc(S(=O)(=O)Nc2ccc(CS(C)(=O)=O)cc2)cc1. The summed E-state index contributed by atoms with van der Waals surface area (Å²) < 4.78 is 49.3. The van der Waals surface area contributed by atoms with E-state index in [2.05, 4.69) is 4.72 Å². The average Bonchev–Trinajstić information content (AvgIpc) is 2.39. The number of nitrogens with one attached hydrogen (secondary N) is 1. The third-order valence-corrected chi connectivity index (χ3v) is 5.22. The molecule has 0 aliphatic rings. The second kappa shape index (κ2) is 6.10. The largest absolute Gasteiger partial charge is 0.280 e. The van der Waals surface area contributed by atoms with Crippen LogP contribution in [0.1, 0.15) is 11.1 Å². The normalized spacial score (nSPS) is 12.1. The molecule has 0 spiro atoms. The Morgan fingerprint density at radius 2 is 1.41 bits per heavy atom. The molecule has 7 heteroatoms. The van der Waals surface area contributed by atoms with Crippen LogP contribution in [0.15, 0.2) is 53.4 Å². The van der Waals surface area contributed by atoms with Gasteiger partial charge in [0.05, 0.1) is 10.6 Å². The molecule has 0 heterocycles. The van der Waals surface area contributed by atoms with Crippen molar-refractivity contribution in [1.82, 2.24) is 0 Å². The number of benzene rings is 2. The first-order valence-electron chi connectivity index (χ1n) is 6.52. The lowest BCUT2D eigenvalue weighted by Gasteiger charge is -2.09. The van der Waals surface area contributed by atoms with Crippen LogP contribution in [0.4, 0.5) is 5.69 Å². The van der Waals surface area contributed by atoms with Crippen molar-refractivity contribution in [3.63, 3.8) is 0 Å². The summed E-state index contributed by atoms with van der Waals surface area (Å²) in [7, 11) is -6.76. The van der Waals surface area contributed by atoms with Gasteiger partial charge < -0.3 is 0 Å². The van der Waals surface area contributed by atoms with E-state index in [4.69, 9.17) is 0 Å². The van der Waals surface area contributed by atoms with Gasteiger partial charge in [0.25, 0.3) is 10.0 Å². The van der Waals surface area contributed by atoms with Crippen molar-refractivity contribution >= 4 is 25.5 Å². The van der Waals surface area contributed by atoms with Crippen molar-refractivity contribution in [3.05, 3.63) is 59.7 Å². The number of anilines is 1. The minimum Gasteiger partial charge on any atom is -0.280 e. The zero-order valence-corrected chi connectivity index (χ0v) is 13.9. The standard InChI is InChI=1S/C15H17NO4S2/c1-12-3-9-15(10-4-12)22(19,20)16-14-7-5-13(6-8-14)11-21(2,17)18/h3-10,16H,11H2,1-2H3. The summed E-state index contributed by atoms with van der Waals surface area (Å²) in [5, 5.41) is 0. The van der Waals surface area contributed by atoms with E-state index in [-0.39, 0.29) is 10.6 Å². The molecule has 2 rings (SSSR count). The lowest BCUT2D eigenvalue weighted by atomic mass is 10.2. The first kappa shape index (κ1) is 16.5. The monoisotopic (exact) mass is 339 g/mol. The van der Waals surface area contributed by atoms with Crippen LogP contribution in [0, 0.1) is 6.92 Å². The maximum Gasteiger partial charge on any atom is 0.261 e. The van der Waals surface area contributed by atoms with Crippen molar-refractivity contribution < 1.29 is 16.8 Å². The Kier molecular flexibility index (Phi) is 4.58. The van der Waals surface area contributed by atoms with Crippen LogP contribution >= 0.6 is 0 Å². The number of sulfone groups is 1. The summed E-state index contributed by atoms with van der Waals surface area (Å²) in [6.45, 7) is 1.88. The Balaban J connectivity index is 2.18. The highest BCUT2D eigenvalue weighted by Crippen LogP contribution is 2.17. The molecule has 0 saturated heterocycles. The predicted molar refractivity (Wildman–Crippen MR) is 87.0 cm³/mol. The molecule has 0 amide bonds. The van der Waals surface area contributed by atoms with Gasteiger partial charge in [-0.2, -0.15) is 0 Å². The average molecular weight is 339 g/mol. The van der Waals surface area contributed by atoms with Gasteiger partial charge in [-0.1, -0.05) is 29.8 Å². The molecule has 0 saturated carbocycles. The summed E-state index contributed by atoms with van der Waals surface area (Å²) in [6.07, 6.45) is 1.15. The molecule has 5 nitrogen and oxygen atoms in total. The third kappa shape index (κ3) is 4.57. The highest BCUT2D eigenvalue weighted by atomic mass is 32.2. The van der Waals surface area contributed by atoms with Gasteiger partial charge in [0.15, 0.2) is 9.84 Å². The lowest BCUT2D eigenvalue weighted by Crippen LogP contribution is -2.13. The van der Waals surface area contributed by atoms with E-state index in [9.17, 15) is 16.8 Å². The van der Waals surface area contributed by atoms with Crippen LogP contribution < -0.4 is 4.72 Å². The molecule has 0 bridgehead atoms. The topological polar surface area (TPSA) is 80.3 Å². The van der Waals surface area contributed by atoms with E-state index < -0.39 is 19.9 Å². The molecule has 0 aromatic heterocycles. The van der Waals surface area contributed by atoms with Crippen LogP contribution in [-0.4, -0.2) is 23.1 Å². The molecule has 0 aliphatic heterocycles. The molecule has 1 N–H and O–H groups in total. The highest BCUT2D eigenvalue weighted by molar-refractivity contribution is 7.92. The molecule has 0 aliphatic carbocycles. The number of rotatable bonds is 5. The maximum absolute atomic E-state index is 12.2. The molecule has 0 fully saturated rings. The lowest BCUT2D eigenvalue weighted by molar-refractivity contribution is 0.599. The van der Waals surface area contributed by atoms with E-state index in [1.54, 1.807) is 36.4 Å². The van der Waals surface area contributed by atoms with Gasteiger partial charge in [0, 0.05) is 11.9 Å². The second-order valence-electron chi connectivity index (χ2n) is 5.19. The molecule has 118 valence electrons. The second-order valence-corrected chi connectivity index (χ2v) is 9.01. The van der Waals surface area contributed by atoms with Crippen molar-refractivity contribution in [1.29, 1.82) is 0 Å². The minimum absolute atomic E-state index is 0.0714. The number of sulfonamides is 1. The van der Waals surface area contributed by atoms with Crippen molar-refractivity contribution in [2.45, 2.75) is 17.6 Å². The van der Waals surface area contributed by atoms with E-state index in [1.807, 2.05) is 6.92 Å². The van der Waals surface area contributed by atoms with Gasteiger partial charge >= 0.3 is 0 Å². The summed E-state index contributed by atoms with van der Waals surface area (Å²) in [5.74, 6) is -0.0714. The number of hydrogen-bond donors (Lipinski definition) is 1. The fourth-order valence-electron chi connectivity index (χ4n) is 1.90. The van der Waals surface area contributed by atoms with Crippen LogP contribution in [0.3, 0.4) is 0 Å². The first-order valence-corrected chi connectivity index (χ1v) is 10.1. The van der Waals surface area contributed by atoms with E-state index in [1.165, 1.54) is 12.1 Å².